The highest BCUT2D eigenvalue weighted by Crippen LogP contribution is 2.11. The first kappa shape index (κ1) is 16.4. The first-order chi connectivity index (χ1) is 10.1. The Morgan fingerprint density at radius 1 is 0.905 bits per heavy atom. The first-order valence-electron chi connectivity index (χ1n) is 6.14. The third-order valence-corrected chi connectivity index (χ3v) is 2.59. The minimum absolute atomic E-state index is 0.403. The lowest BCUT2D eigenvalue weighted by Crippen LogP contribution is -2.09. The highest BCUT2D eigenvalue weighted by molar-refractivity contribution is 5.73. The molecule has 0 amide bonds. The van der Waals surface area contributed by atoms with Crippen molar-refractivity contribution in [1.29, 1.82) is 5.26 Å². The van der Waals surface area contributed by atoms with Gasteiger partial charge >= 0.3 is 5.97 Å². The number of nitrogens with zero attached hydrogens (tertiary/aromatic N) is 1. The molecule has 0 saturated carbocycles. The number of aliphatic hydroxyl groups excluding tert-OH is 2. The lowest BCUT2D eigenvalue weighted by Gasteiger charge is -2.03. The van der Waals surface area contributed by atoms with Gasteiger partial charge in [-0.05, 0) is 11.1 Å². The van der Waals surface area contributed by atoms with Crippen molar-refractivity contribution in [1.82, 2.24) is 0 Å². The lowest BCUT2D eigenvalue weighted by molar-refractivity contribution is -0.146. The molecule has 0 saturated heterocycles. The van der Waals surface area contributed by atoms with E-state index in [4.69, 9.17) is 20.6 Å². The fourth-order valence-corrected chi connectivity index (χ4v) is 1.49. The van der Waals surface area contributed by atoms with Gasteiger partial charge in [-0.15, -0.1) is 0 Å². The maximum Gasteiger partial charge on any atom is 0.337 e. The van der Waals surface area contributed by atoms with Crippen LogP contribution in [0, 0.1) is 11.3 Å². The molecule has 2 unspecified atom stereocenters. The Kier molecular flexibility index (Phi) is 6.61. The molecule has 0 aromatic heterocycles. The van der Waals surface area contributed by atoms with Gasteiger partial charge in [-0.2, -0.15) is 5.26 Å². The minimum Gasteiger partial charge on any atom is -0.479 e. The molecule has 0 spiro atoms. The van der Waals surface area contributed by atoms with Gasteiger partial charge in [0.15, 0.2) is 12.2 Å². The van der Waals surface area contributed by atoms with E-state index >= 15 is 0 Å². The molecule has 5 nitrogen and oxygen atoms in total. The van der Waals surface area contributed by atoms with Gasteiger partial charge in [0.2, 0.25) is 0 Å². The number of carboxylic acid groups (broad SMARTS) is 1. The van der Waals surface area contributed by atoms with E-state index in [0.717, 1.165) is 0 Å². The van der Waals surface area contributed by atoms with Gasteiger partial charge in [-0.1, -0.05) is 60.7 Å². The van der Waals surface area contributed by atoms with Gasteiger partial charge < -0.3 is 15.3 Å². The number of hydrogen-bond acceptors (Lipinski definition) is 4. The molecular weight excluding hydrogens is 270 g/mol. The van der Waals surface area contributed by atoms with Crippen LogP contribution < -0.4 is 0 Å². The summed E-state index contributed by atoms with van der Waals surface area (Å²) in [5.74, 6) is -1.23. The third-order valence-electron chi connectivity index (χ3n) is 2.59. The first-order valence-corrected chi connectivity index (χ1v) is 6.14. The number of rotatable bonds is 3. The second-order valence-corrected chi connectivity index (χ2v) is 4.09. The van der Waals surface area contributed by atoms with Crippen LogP contribution in [0.15, 0.2) is 60.7 Å². The van der Waals surface area contributed by atoms with Crippen LogP contribution in [0.5, 0.6) is 0 Å². The maximum atomic E-state index is 10.2. The van der Waals surface area contributed by atoms with Crippen LogP contribution in [0.1, 0.15) is 23.3 Å². The van der Waals surface area contributed by atoms with Crippen LogP contribution in [0.25, 0.3) is 0 Å². The molecule has 0 aliphatic rings. The molecule has 2 atom stereocenters. The van der Waals surface area contributed by atoms with Crippen molar-refractivity contribution in [3.05, 3.63) is 71.8 Å². The van der Waals surface area contributed by atoms with Crippen molar-refractivity contribution in [2.24, 2.45) is 0 Å². The Balaban J connectivity index is 0.000000211. The fraction of sp³-hybridized carbons (Fsp3) is 0.125. The zero-order valence-corrected chi connectivity index (χ0v) is 11.1. The van der Waals surface area contributed by atoms with Gasteiger partial charge in [0.05, 0.1) is 6.07 Å². The zero-order valence-electron chi connectivity index (χ0n) is 11.1. The second-order valence-electron chi connectivity index (χ2n) is 4.09. The summed E-state index contributed by atoms with van der Waals surface area (Å²) in [5.41, 5.74) is 1.05. The summed E-state index contributed by atoms with van der Waals surface area (Å²) < 4.78 is 0. The van der Waals surface area contributed by atoms with Crippen molar-refractivity contribution in [2.45, 2.75) is 12.2 Å². The molecule has 2 aromatic carbocycles. The highest BCUT2D eigenvalue weighted by Gasteiger charge is 2.14. The maximum absolute atomic E-state index is 10.2. The predicted octanol–water partition coefficient (Wildman–Crippen LogP) is 2.05. The highest BCUT2D eigenvalue weighted by atomic mass is 16.4. The Hall–Kier alpha value is -2.68. The van der Waals surface area contributed by atoms with Crippen LogP contribution in [0.2, 0.25) is 0 Å². The van der Waals surface area contributed by atoms with E-state index in [2.05, 4.69) is 0 Å². The minimum atomic E-state index is -1.41. The van der Waals surface area contributed by atoms with Gasteiger partial charge in [0.25, 0.3) is 0 Å². The van der Waals surface area contributed by atoms with E-state index in [1.165, 1.54) is 0 Å². The normalized spacial score (nSPS) is 12.2. The van der Waals surface area contributed by atoms with E-state index in [0.29, 0.717) is 11.1 Å². The van der Waals surface area contributed by atoms with Gasteiger partial charge in [-0.3, -0.25) is 0 Å². The zero-order chi connectivity index (χ0) is 15.7. The summed E-state index contributed by atoms with van der Waals surface area (Å²) in [6.45, 7) is 0. The molecule has 5 heteroatoms. The Morgan fingerprint density at radius 2 is 1.33 bits per heavy atom. The molecule has 2 rings (SSSR count). The molecule has 21 heavy (non-hydrogen) atoms. The number of hydrogen-bond donors (Lipinski definition) is 3. The van der Waals surface area contributed by atoms with Crippen LogP contribution in [0.4, 0.5) is 0 Å². The van der Waals surface area contributed by atoms with Crippen molar-refractivity contribution in [3.8, 4) is 6.07 Å². The SMILES string of the molecule is N#CC(O)c1ccccc1.O=C(O)C(O)c1ccccc1. The molecule has 0 bridgehead atoms. The molecule has 2 aromatic rings. The summed E-state index contributed by atoms with van der Waals surface area (Å²) in [5, 5.41) is 34.6. The largest absolute Gasteiger partial charge is 0.479 e. The number of aliphatic carboxylic acids is 1. The average Bonchev–Trinajstić information content (AvgIpc) is 2.55. The summed E-state index contributed by atoms with van der Waals surface area (Å²) in [4.78, 5) is 10.2. The van der Waals surface area contributed by atoms with Gasteiger partial charge in [-0.25, -0.2) is 4.79 Å². The molecule has 0 radical (unpaired) electrons. The van der Waals surface area contributed by atoms with Gasteiger partial charge in [0.1, 0.15) is 0 Å². The van der Waals surface area contributed by atoms with E-state index < -0.39 is 18.2 Å². The van der Waals surface area contributed by atoms with Crippen molar-refractivity contribution in [3.63, 3.8) is 0 Å². The molecule has 3 N–H and O–H groups in total. The van der Waals surface area contributed by atoms with Crippen LogP contribution in [-0.4, -0.2) is 21.3 Å². The van der Waals surface area contributed by atoms with Crippen molar-refractivity contribution < 1.29 is 20.1 Å². The quantitative estimate of drug-likeness (QED) is 0.749. The number of benzene rings is 2. The third kappa shape index (κ3) is 5.45. The summed E-state index contributed by atoms with van der Waals surface area (Å²) in [6, 6.07) is 18.8. The molecule has 0 heterocycles. The van der Waals surface area contributed by atoms with Crippen LogP contribution >= 0.6 is 0 Å². The second kappa shape index (κ2) is 8.48. The molecule has 0 fully saturated rings. The molecule has 0 aliphatic heterocycles. The monoisotopic (exact) mass is 285 g/mol. The Bertz CT molecular complexity index is 593. The summed E-state index contributed by atoms with van der Waals surface area (Å²) >= 11 is 0. The number of carbonyl (C=O) groups is 1. The summed E-state index contributed by atoms with van der Waals surface area (Å²) in [6.07, 6.45) is -2.39. The average molecular weight is 285 g/mol. The van der Waals surface area contributed by atoms with Crippen molar-refractivity contribution in [2.75, 3.05) is 0 Å². The Labute approximate surface area is 122 Å². The van der Waals surface area contributed by atoms with E-state index in [9.17, 15) is 4.79 Å². The molecule has 0 aliphatic carbocycles. The summed E-state index contributed by atoms with van der Waals surface area (Å²) in [7, 11) is 0. The number of nitriles is 1. The topological polar surface area (TPSA) is 102 Å². The van der Waals surface area contributed by atoms with Crippen LogP contribution in [0.3, 0.4) is 0 Å². The van der Waals surface area contributed by atoms with E-state index in [1.54, 1.807) is 60.7 Å². The standard InChI is InChI=1S/C8H7NO.C8H8O3/c9-6-8(10)7-4-2-1-3-5-7;9-7(8(10)11)6-4-2-1-3-5-6/h1-5,8,10H;1-5,7,9H,(H,10,11). The smallest absolute Gasteiger partial charge is 0.337 e. The number of carboxylic acids is 1. The molecular formula is C16H15NO4. The van der Waals surface area contributed by atoms with Gasteiger partial charge in [0, 0.05) is 0 Å². The van der Waals surface area contributed by atoms with Crippen molar-refractivity contribution >= 4 is 5.97 Å². The fourth-order valence-electron chi connectivity index (χ4n) is 1.49. The van der Waals surface area contributed by atoms with E-state index in [-0.39, 0.29) is 0 Å². The molecule has 108 valence electrons. The van der Waals surface area contributed by atoms with Crippen LogP contribution in [-0.2, 0) is 4.79 Å². The lowest BCUT2D eigenvalue weighted by atomic mass is 10.1. The predicted molar refractivity (Wildman–Crippen MR) is 76.1 cm³/mol. The van der Waals surface area contributed by atoms with E-state index in [1.807, 2.05) is 6.07 Å². The Morgan fingerprint density at radius 3 is 1.71 bits per heavy atom. The number of aliphatic hydroxyl groups is 2.